The topological polar surface area (TPSA) is 93.5 Å². The first-order chi connectivity index (χ1) is 12.5. The first-order valence-corrected chi connectivity index (χ1v) is 8.50. The summed E-state index contributed by atoms with van der Waals surface area (Å²) in [5.74, 6) is 0.320. The second-order valence-electron chi connectivity index (χ2n) is 5.44. The zero-order valence-electron chi connectivity index (χ0n) is 14.2. The summed E-state index contributed by atoms with van der Waals surface area (Å²) in [6.45, 7) is 2.72. The van der Waals surface area contributed by atoms with Crippen LogP contribution in [0.1, 0.15) is 30.1 Å². The van der Waals surface area contributed by atoms with Gasteiger partial charge >= 0.3 is 0 Å². The number of carbonyl (C=O) groups excluding carboxylic acids is 1. The van der Waals surface area contributed by atoms with Crippen molar-refractivity contribution in [2.24, 2.45) is 0 Å². The normalized spacial score (nSPS) is 10.0. The van der Waals surface area contributed by atoms with Crippen molar-refractivity contribution >= 4 is 34.6 Å². The standard InChI is InChI=1S/C18H19N3O4S/c1-2-3-11-25-16-9-7-13(8-10-16)17(22)20-18(26)19-14-5-4-6-15(12-14)21(23)24/h4-10,12H,2-3,11H2,1H3,(H2,19,20,22,26). The third-order valence-electron chi connectivity index (χ3n) is 3.43. The Hall–Kier alpha value is -3.00. The maximum absolute atomic E-state index is 12.2. The Morgan fingerprint density at radius 3 is 2.62 bits per heavy atom. The molecule has 0 radical (unpaired) electrons. The number of thiocarbonyl (C=S) groups is 1. The Morgan fingerprint density at radius 2 is 1.96 bits per heavy atom. The van der Waals surface area contributed by atoms with Crippen molar-refractivity contribution in [1.29, 1.82) is 0 Å². The van der Waals surface area contributed by atoms with E-state index in [1.165, 1.54) is 18.2 Å². The van der Waals surface area contributed by atoms with E-state index in [9.17, 15) is 14.9 Å². The number of nitrogens with one attached hydrogen (secondary N) is 2. The molecule has 2 rings (SSSR count). The van der Waals surface area contributed by atoms with E-state index in [0.717, 1.165) is 12.8 Å². The van der Waals surface area contributed by atoms with Crippen LogP contribution in [0, 0.1) is 10.1 Å². The summed E-state index contributed by atoms with van der Waals surface area (Å²) in [7, 11) is 0. The summed E-state index contributed by atoms with van der Waals surface area (Å²) in [6.07, 6.45) is 2.02. The molecule has 0 aliphatic carbocycles. The maximum atomic E-state index is 12.2. The first-order valence-electron chi connectivity index (χ1n) is 8.09. The quantitative estimate of drug-likeness (QED) is 0.331. The monoisotopic (exact) mass is 373 g/mol. The highest BCUT2D eigenvalue weighted by molar-refractivity contribution is 7.80. The van der Waals surface area contributed by atoms with Crippen LogP contribution in [0.5, 0.6) is 5.75 Å². The van der Waals surface area contributed by atoms with Gasteiger partial charge in [-0.1, -0.05) is 19.4 Å². The van der Waals surface area contributed by atoms with Gasteiger partial charge < -0.3 is 10.1 Å². The van der Waals surface area contributed by atoms with E-state index in [2.05, 4.69) is 17.6 Å². The number of ether oxygens (including phenoxy) is 1. The van der Waals surface area contributed by atoms with Gasteiger partial charge in [0.25, 0.3) is 11.6 Å². The highest BCUT2D eigenvalue weighted by Crippen LogP contribution is 2.17. The Morgan fingerprint density at radius 1 is 1.23 bits per heavy atom. The van der Waals surface area contributed by atoms with Gasteiger partial charge in [0.15, 0.2) is 5.11 Å². The van der Waals surface area contributed by atoms with Crippen molar-refractivity contribution in [2.45, 2.75) is 19.8 Å². The largest absolute Gasteiger partial charge is 0.494 e. The van der Waals surface area contributed by atoms with Crippen LogP contribution in [0.15, 0.2) is 48.5 Å². The minimum absolute atomic E-state index is 0.0544. The maximum Gasteiger partial charge on any atom is 0.271 e. The fraction of sp³-hybridized carbons (Fsp3) is 0.222. The molecule has 8 heteroatoms. The Bertz CT molecular complexity index is 793. The molecule has 1 amide bonds. The number of hydrogen-bond donors (Lipinski definition) is 2. The minimum Gasteiger partial charge on any atom is -0.494 e. The number of nitro groups is 1. The Balaban J connectivity index is 1.91. The summed E-state index contributed by atoms with van der Waals surface area (Å²) in [5, 5.41) is 16.1. The Labute approximate surface area is 156 Å². The SMILES string of the molecule is CCCCOc1ccc(C(=O)NC(=S)Nc2cccc([N+](=O)[O-])c2)cc1. The molecule has 0 aliphatic rings. The number of anilines is 1. The van der Waals surface area contributed by atoms with Crippen LogP contribution in [-0.4, -0.2) is 22.5 Å². The number of hydrogen-bond acceptors (Lipinski definition) is 5. The van der Waals surface area contributed by atoms with Crippen molar-refractivity contribution in [3.8, 4) is 5.75 Å². The lowest BCUT2D eigenvalue weighted by Crippen LogP contribution is -2.34. The molecular weight excluding hydrogens is 354 g/mol. The number of non-ortho nitro benzene ring substituents is 1. The van der Waals surface area contributed by atoms with E-state index in [1.54, 1.807) is 30.3 Å². The van der Waals surface area contributed by atoms with Crippen LogP contribution in [0.25, 0.3) is 0 Å². The van der Waals surface area contributed by atoms with E-state index in [1.807, 2.05) is 0 Å². The number of carbonyl (C=O) groups is 1. The lowest BCUT2D eigenvalue weighted by Gasteiger charge is -2.10. The smallest absolute Gasteiger partial charge is 0.271 e. The minimum atomic E-state index is -0.503. The molecule has 0 aromatic heterocycles. The number of amides is 1. The predicted octanol–water partition coefficient (Wildman–Crippen LogP) is 3.90. The van der Waals surface area contributed by atoms with Gasteiger partial charge in [0.05, 0.1) is 11.5 Å². The molecule has 2 aromatic carbocycles. The third kappa shape index (κ3) is 5.82. The van der Waals surface area contributed by atoms with Crippen LogP contribution in [0.2, 0.25) is 0 Å². The van der Waals surface area contributed by atoms with Crippen LogP contribution in [0.3, 0.4) is 0 Å². The van der Waals surface area contributed by atoms with Gasteiger partial charge in [-0.25, -0.2) is 0 Å². The lowest BCUT2D eigenvalue weighted by molar-refractivity contribution is -0.384. The van der Waals surface area contributed by atoms with Crippen molar-refractivity contribution in [3.05, 3.63) is 64.2 Å². The molecule has 0 aliphatic heterocycles. The van der Waals surface area contributed by atoms with Gasteiger partial charge in [-0.05, 0) is 49.0 Å². The summed E-state index contributed by atoms with van der Waals surface area (Å²) in [4.78, 5) is 22.5. The van der Waals surface area contributed by atoms with E-state index < -0.39 is 4.92 Å². The number of unbranched alkanes of at least 4 members (excludes halogenated alkanes) is 1. The number of nitro benzene ring substituents is 1. The van der Waals surface area contributed by atoms with Gasteiger partial charge in [-0.15, -0.1) is 0 Å². The van der Waals surface area contributed by atoms with E-state index in [-0.39, 0.29) is 16.7 Å². The number of benzene rings is 2. The highest BCUT2D eigenvalue weighted by atomic mass is 32.1. The zero-order chi connectivity index (χ0) is 18.9. The molecule has 0 atom stereocenters. The van der Waals surface area contributed by atoms with Gasteiger partial charge in [-0.2, -0.15) is 0 Å². The zero-order valence-corrected chi connectivity index (χ0v) is 15.0. The van der Waals surface area contributed by atoms with Crippen molar-refractivity contribution in [1.82, 2.24) is 5.32 Å². The van der Waals surface area contributed by atoms with Crippen molar-refractivity contribution in [3.63, 3.8) is 0 Å². The van der Waals surface area contributed by atoms with Gasteiger partial charge in [0.1, 0.15) is 5.75 Å². The van der Waals surface area contributed by atoms with E-state index in [4.69, 9.17) is 17.0 Å². The number of nitrogens with zero attached hydrogens (tertiary/aromatic N) is 1. The second-order valence-corrected chi connectivity index (χ2v) is 5.85. The Kier molecular flexibility index (Phi) is 7.04. The molecule has 0 bridgehead atoms. The number of rotatable bonds is 7. The van der Waals surface area contributed by atoms with Crippen LogP contribution >= 0.6 is 12.2 Å². The summed E-state index contributed by atoms with van der Waals surface area (Å²) in [6, 6.07) is 12.6. The summed E-state index contributed by atoms with van der Waals surface area (Å²) in [5.41, 5.74) is 0.781. The molecule has 2 aromatic rings. The van der Waals surface area contributed by atoms with Crippen LogP contribution < -0.4 is 15.4 Å². The molecule has 0 fully saturated rings. The molecule has 0 saturated carbocycles. The van der Waals surface area contributed by atoms with Gasteiger partial charge in [0, 0.05) is 23.4 Å². The third-order valence-corrected chi connectivity index (χ3v) is 3.63. The van der Waals surface area contributed by atoms with Crippen molar-refractivity contribution < 1.29 is 14.5 Å². The molecule has 0 heterocycles. The molecule has 0 saturated heterocycles. The molecule has 0 unspecified atom stereocenters. The second kappa shape index (κ2) is 9.47. The van der Waals surface area contributed by atoms with Crippen LogP contribution in [-0.2, 0) is 0 Å². The van der Waals surface area contributed by atoms with Crippen molar-refractivity contribution in [2.75, 3.05) is 11.9 Å². The predicted molar refractivity (Wildman–Crippen MR) is 104 cm³/mol. The highest BCUT2D eigenvalue weighted by Gasteiger charge is 2.10. The summed E-state index contributed by atoms with van der Waals surface area (Å²) < 4.78 is 5.55. The molecule has 136 valence electrons. The fourth-order valence-electron chi connectivity index (χ4n) is 2.07. The molecule has 2 N–H and O–H groups in total. The summed E-state index contributed by atoms with van der Waals surface area (Å²) >= 11 is 5.08. The molecule has 7 nitrogen and oxygen atoms in total. The molecule has 0 spiro atoms. The van der Waals surface area contributed by atoms with E-state index in [0.29, 0.717) is 23.6 Å². The first kappa shape index (κ1) is 19.3. The molecule has 26 heavy (non-hydrogen) atoms. The van der Waals surface area contributed by atoms with Gasteiger partial charge in [-0.3, -0.25) is 20.2 Å². The lowest BCUT2D eigenvalue weighted by atomic mass is 10.2. The average molecular weight is 373 g/mol. The molecular formula is C18H19N3O4S. The average Bonchev–Trinajstić information content (AvgIpc) is 2.62. The van der Waals surface area contributed by atoms with Crippen LogP contribution in [0.4, 0.5) is 11.4 Å². The fourth-order valence-corrected chi connectivity index (χ4v) is 2.28. The van der Waals surface area contributed by atoms with E-state index >= 15 is 0 Å². The van der Waals surface area contributed by atoms with Gasteiger partial charge in [0.2, 0.25) is 0 Å².